The summed E-state index contributed by atoms with van der Waals surface area (Å²) in [5.41, 5.74) is 2.43. The van der Waals surface area contributed by atoms with E-state index < -0.39 is 0 Å². The summed E-state index contributed by atoms with van der Waals surface area (Å²) in [5.74, 6) is 0. The SMILES string of the molecule is CCN1C=CC(Cl)c2ccccc21. The van der Waals surface area contributed by atoms with Gasteiger partial charge in [0.2, 0.25) is 0 Å². The molecule has 0 saturated carbocycles. The minimum Gasteiger partial charge on any atom is -0.348 e. The molecule has 0 saturated heterocycles. The van der Waals surface area contributed by atoms with Crippen LogP contribution >= 0.6 is 11.6 Å². The van der Waals surface area contributed by atoms with Crippen molar-refractivity contribution in [3.8, 4) is 0 Å². The summed E-state index contributed by atoms with van der Waals surface area (Å²) in [6.45, 7) is 3.12. The minimum absolute atomic E-state index is 0.0269. The Bertz CT molecular complexity index is 333. The number of para-hydroxylation sites is 1. The normalized spacial score (nSPS) is 20.2. The highest BCUT2D eigenvalue weighted by Gasteiger charge is 2.16. The first-order chi connectivity index (χ1) is 6.33. The van der Waals surface area contributed by atoms with Crippen molar-refractivity contribution in [2.24, 2.45) is 0 Å². The van der Waals surface area contributed by atoms with E-state index in [1.165, 1.54) is 11.3 Å². The summed E-state index contributed by atoms with van der Waals surface area (Å²) in [6, 6.07) is 8.27. The molecule has 1 aromatic rings. The molecule has 0 bridgehead atoms. The van der Waals surface area contributed by atoms with Crippen LogP contribution in [0.15, 0.2) is 36.5 Å². The third-order valence-electron chi connectivity index (χ3n) is 2.32. The van der Waals surface area contributed by atoms with Crippen LogP contribution in [0.4, 0.5) is 5.69 Å². The monoisotopic (exact) mass is 193 g/mol. The van der Waals surface area contributed by atoms with Gasteiger partial charge in [0.25, 0.3) is 0 Å². The zero-order chi connectivity index (χ0) is 9.26. The van der Waals surface area contributed by atoms with Gasteiger partial charge in [-0.1, -0.05) is 18.2 Å². The summed E-state index contributed by atoms with van der Waals surface area (Å²) in [7, 11) is 0. The third kappa shape index (κ3) is 1.44. The van der Waals surface area contributed by atoms with Gasteiger partial charge >= 0.3 is 0 Å². The number of fused-ring (bicyclic) bond motifs is 1. The first kappa shape index (κ1) is 8.64. The number of hydrogen-bond acceptors (Lipinski definition) is 1. The highest BCUT2D eigenvalue weighted by Crippen LogP contribution is 2.35. The zero-order valence-electron chi connectivity index (χ0n) is 7.57. The maximum Gasteiger partial charge on any atom is 0.0803 e. The van der Waals surface area contributed by atoms with Crippen molar-refractivity contribution in [3.63, 3.8) is 0 Å². The van der Waals surface area contributed by atoms with Gasteiger partial charge in [-0.2, -0.15) is 0 Å². The Morgan fingerprint density at radius 2 is 2.15 bits per heavy atom. The quantitative estimate of drug-likeness (QED) is 0.619. The first-order valence-electron chi connectivity index (χ1n) is 4.51. The smallest absolute Gasteiger partial charge is 0.0803 e. The second-order valence-corrected chi connectivity index (χ2v) is 3.56. The van der Waals surface area contributed by atoms with Gasteiger partial charge in [-0.15, -0.1) is 11.6 Å². The van der Waals surface area contributed by atoms with E-state index in [0.717, 1.165) is 6.54 Å². The van der Waals surface area contributed by atoms with E-state index in [9.17, 15) is 0 Å². The molecular formula is C11H12ClN. The summed E-state index contributed by atoms with van der Waals surface area (Å²) >= 11 is 6.16. The van der Waals surface area contributed by atoms with Crippen molar-refractivity contribution < 1.29 is 0 Å². The van der Waals surface area contributed by atoms with Gasteiger partial charge in [0, 0.05) is 18.4 Å². The Balaban J connectivity index is 2.48. The Morgan fingerprint density at radius 3 is 2.92 bits per heavy atom. The van der Waals surface area contributed by atoms with Gasteiger partial charge in [-0.05, 0) is 24.6 Å². The van der Waals surface area contributed by atoms with E-state index >= 15 is 0 Å². The number of nitrogens with zero attached hydrogens (tertiary/aromatic N) is 1. The van der Waals surface area contributed by atoms with Crippen LogP contribution in [0.1, 0.15) is 17.9 Å². The van der Waals surface area contributed by atoms with Gasteiger partial charge in [0.1, 0.15) is 0 Å². The molecule has 0 aliphatic carbocycles. The summed E-state index contributed by atoms with van der Waals surface area (Å²) < 4.78 is 0. The fourth-order valence-corrected chi connectivity index (χ4v) is 1.87. The molecule has 0 spiro atoms. The van der Waals surface area contributed by atoms with E-state index in [0.29, 0.717) is 0 Å². The number of hydrogen-bond donors (Lipinski definition) is 0. The molecule has 2 rings (SSSR count). The second-order valence-electron chi connectivity index (χ2n) is 3.09. The molecule has 0 radical (unpaired) electrons. The molecule has 1 heterocycles. The number of anilines is 1. The van der Waals surface area contributed by atoms with E-state index in [-0.39, 0.29) is 5.38 Å². The lowest BCUT2D eigenvalue weighted by Crippen LogP contribution is -2.19. The molecule has 1 aliphatic rings. The molecule has 68 valence electrons. The Morgan fingerprint density at radius 1 is 1.38 bits per heavy atom. The average molecular weight is 194 g/mol. The van der Waals surface area contributed by atoms with Gasteiger partial charge in [0.05, 0.1) is 5.38 Å². The van der Waals surface area contributed by atoms with Gasteiger partial charge in [-0.25, -0.2) is 0 Å². The maximum atomic E-state index is 6.16. The lowest BCUT2D eigenvalue weighted by molar-refractivity contribution is 0.964. The van der Waals surface area contributed by atoms with Crippen molar-refractivity contribution in [3.05, 3.63) is 42.1 Å². The van der Waals surface area contributed by atoms with Gasteiger partial charge in [0.15, 0.2) is 0 Å². The third-order valence-corrected chi connectivity index (χ3v) is 2.70. The number of alkyl halides is 1. The van der Waals surface area contributed by atoms with Crippen LogP contribution in [0.2, 0.25) is 0 Å². The molecule has 1 aliphatic heterocycles. The maximum absolute atomic E-state index is 6.16. The van der Waals surface area contributed by atoms with Crippen molar-refractivity contribution in [1.82, 2.24) is 0 Å². The van der Waals surface area contributed by atoms with Crippen LogP contribution in [0, 0.1) is 0 Å². The largest absolute Gasteiger partial charge is 0.348 e. The molecule has 0 amide bonds. The van der Waals surface area contributed by atoms with Crippen LogP contribution in [0.5, 0.6) is 0 Å². The van der Waals surface area contributed by atoms with Crippen molar-refractivity contribution in [1.29, 1.82) is 0 Å². The van der Waals surface area contributed by atoms with Crippen LogP contribution < -0.4 is 4.90 Å². The highest BCUT2D eigenvalue weighted by atomic mass is 35.5. The Hall–Kier alpha value is -0.950. The first-order valence-corrected chi connectivity index (χ1v) is 4.94. The number of allylic oxidation sites excluding steroid dienone is 1. The molecule has 13 heavy (non-hydrogen) atoms. The van der Waals surface area contributed by atoms with E-state index in [1.807, 2.05) is 18.2 Å². The number of halogens is 1. The van der Waals surface area contributed by atoms with Crippen LogP contribution in [-0.2, 0) is 0 Å². The lowest BCUT2D eigenvalue weighted by Gasteiger charge is -2.27. The molecule has 1 unspecified atom stereocenters. The predicted molar refractivity (Wildman–Crippen MR) is 57.2 cm³/mol. The fourth-order valence-electron chi connectivity index (χ4n) is 1.62. The number of benzene rings is 1. The summed E-state index contributed by atoms with van der Waals surface area (Å²) in [4.78, 5) is 2.20. The molecule has 1 atom stereocenters. The average Bonchev–Trinajstić information content (AvgIpc) is 2.19. The molecule has 0 aromatic heterocycles. The molecule has 1 nitrogen and oxygen atoms in total. The lowest BCUT2D eigenvalue weighted by atomic mass is 10.1. The fraction of sp³-hybridized carbons (Fsp3) is 0.273. The Kier molecular flexibility index (Phi) is 2.28. The van der Waals surface area contributed by atoms with Crippen molar-refractivity contribution in [2.75, 3.05) is 11.4 Å². The van der Waals surface area contributed by atoms with E-state index in [2.05, 4.69) is 30.2 Å². The molecule has 1 aromatic carbocycles. The summed E-state index contributed by atoms with van der Waals surface area (Å²) in [6.07, 6.45) is 4.08. The van der Waals surface area contributed by atoms with Crippen LogP contribution in [0.3, 0.4) is 0 Å². The topological polar surface area (TPSA) is 3.24 Å². The highest BCUT2D eigenvalue weighted by molar-refractivity contribution is 6.22. The van der Waals surface area contributed by atoms with E-state index in [4.69, 9.17) is 11.6 Å². The standard InChI is InChI=1S/C11H12ClN/c1-2-13-8-7-10(12)9-5-3-4-6-11(9)13/h3-8,10H,2H2,1H3. The Labute approximate surface area is 83.6 Å². The molecule has 0 N–H and O–H groups in total. The predicted octanol–water partition coefficient (Wildman–Crippen LogP) is 3.32. The van der Waals surface area contributed by atoms with Crippen LogP contribution in [0.25, 0.3) is 0 Å². The summed E-state index contributed by atoms with van der Waals surface area (Å²) in [5, 5.41) is 0.0269. The molecule has 0 fully saturated rings. The second kappa shape index (κ2) is 3.43. The molecular weight excluding hydrogens is 182 g/mol. The van der Waals surface area contributed by atoms with Gasteiger partial charge < -0.3 is 4.90 Å². The van der Waals surface area contributed by atoms with Crippen molar-refractivity contribution >= 4 is 17.3 Å². The molecule has 2 heteroatoms. The van der Waals surface area contributed by atoms with E-state index in [1.54, 1.807) is 0 Å². The zero-order valence-corrected chi connectivity index (χ0v) is 8.33. The number of rotatable bonds is 1. The minimum atomic E-state index is 0.0269. The van der Waals surface area contributed by atoms with Crippen molar-refractivity contribution in [2.45, 2.75) is 12.3 Å². The van der Waals surface area contributed by atoms with Gasteiger partial charge in [-0.3, -0.25) is 0 Å². The van der Waals surface area contributed by atoms with Crippen LogP contribution in [-0.4, -0.2) is 6.54 Å².